The number of alkyl carbamates (subject to hydrolysis) is 1. The summed E-state index contributed by atoms with van der Waals surface area (Å²) in [6.07, 6.45) is -0.977. The molecule has 0 saturated carbocycles. The van der Waals surface area contributed by atoms with Crippen LogP contribution in [0.3, 0.4) is 0 Å². The van der Waals surface area contributed by atoms with Gasteiger partial charge < -0.3 is 20.3 Å². The fraction of sp³-hybridized carbons (Fsp3) is 0.308. The molecule has 0 aliphatic rings. The third-order valence-corrected chi connectivity index (χ3v) is 2.64. The monoisotopic (exact) mass is 281 g/mol. The lowest BCUT2D eigenvalue weighted by atomic mass is 10.0. The summed E-state index contributed by atoms with van der Waals surface area (Å²) in [4.78, 5) is 33.1. The van der Waals surface area contributed by atoms with Crippen LogP contribution >= 0.6 is 0 Å². The molecule has 20 heavy (non-hydrogen) atoms. The zero-order chi connectivity index (χ0) is 15.1. The molecule has 0 spiro atoms. The highest BCUT2D eigenvalue weighted by Gasteiger charge is 2.31. The Balaban J connectivity index is 2.54. The summed E-state index contributed by atoms with van der Waals surface area (Å²) in [6, 6.07) is 7.27. The molecule has 7 heteroatoms. The largest absolute Gasteiger partial charge is 0.481 e. The van der Waals surface area contributed by atoms with Crippen LogP contribution in [0.5, 0.6) is 0 Å². The van der Waals surface area contributed by atoms with Gasteiger partial charge in [-0.2, -0.15) is 0 Å². The highest BCUT2D eigenvalue weighted by Crippen LogP contribution is 2.05. The third kappa shape index (κ3) is 4.60. The van der Waals surface area contributed by atoms with Crippen LogP contribution in [-0.4, -0.2) is 34.3 Å². The van der Waals surface area contributed by atoms with E-state index in [0.717, 1.165) is 5.56 Å². The number of carboxylic acid groups (broad SMARTS) is 2. The minimum absolute atomic E-state index is 0.0273. The molecule has 0 bridgehead atoms. The molecule has 1 rings (SSSR count). The van der Waals surface area contributed by atoms with Crippen LogP contribution in [0, 0.1) is 5.92 Å². The number of aliphatic carboxylic acids is 2. The highest BCUT2D eigenvalue weighted by atomic mass is 16.5. The average Bonchev–Trinajstić information content (AvgIpc) is 2.42. The van der Waals surface area contributed by atoms with E-state index in [1.165, 1.54) is 6.92 Å². The topological polar surface area (TPSA) is 113 Å². The van der Waals surface area contributed by atoms with Gasteiger partial charge in [-0.3, -0.25) is 4.79 Å². The number of benzene rings is 1. The Hall–Kier alpha value is -2.57. The van der Waals surface area contributed by atoms with Crippen molar-refractivity contribution in [3.63, 3.8) is 0 Å². The van der Waals surface area contributed by atoms with Crippen molar-refractivity contribution >= 4 is 18.0 Å². The van der Waals surface area contributed by atoms with Crippen LogP contribution in [0.4, 0.5) is 4.79 Å². The summed E-state index contributed by atoms with van der Waals surface area (Å²) in [5.41, 5.74) is 0.737. The lowest BCUT2D eigenvalue weighted by molar-refractivity contribution is -0.150. The van der Waals surface area contributed by atoms with Crippen LogP contribution in [0.15, 0.2) is 30.3 Å². The van der Waals surface area contributed by atoms with Gasteiger partial charge in [0.1, 0.15) is 12.6 Å². The molecule has 0 fully saturated rings. The lowest BCUT2D eigenvalue weighted by Gasteiger charge is -2.17. The first kappa shape index (κ1) is 15.5. The van der Waals surface area contributed by atoms with Gasteiger partial charge in [0.05, 0.1) is 5.92 Å². The minimum Gasteiger partial charge on any atom is -0.481 e. The highest BCUT2D eigenvalue weighted by molar-refractivity contribution is 5.85. The average molecular weight is 281 g/mol. The number of ether oxygens (including phenoxy) is 1. The summed E-state index contributed by atoms with van der Waals surface area (Å²) >= 11 is 0. The van der Waals surface area contributed by atoms with Crippen molar-refractivity contribution in [3.8, 4) is 0 Å². The summed E-state index contributed by atoms with van der Waals surface area (Å²) in [5, 5.41) is 19.7. The standard InChI is InChI=1S/C13H15NO6/c1-8(11(15)16)10(12(17)18)14-13(19)20-7-9-5-3-2-4-6-9/h2-6,8,10H,7H2,1H3,(H,14,19)(H,15,16)(H,17,18)/t8-,10-/m0/s1. The maximum Gasteiger partial charge on any atom is 0.408 e. The van der Waals surface area contributed by atoms with E-state index in [1.54, 1.807) is 30.3 Å². The van der Waals surface area contributed by atoms with Crippen molar-refractivity contribution in [2.75, 3.05) is 0 Å². The van der Waals surface area contributed by atoms with Gasteiger partial charge >= 0.3 is 18.0 Å². The van der Waals surface area contributed by atoms with Crippen molar-refractivity contribution in [3.05, 3.63) is 35.9 Å². The number of carboxylic acids is 2. The van der Waals surface area contributed by atoms with Gasteiger partial charge in [0.25, 0.3) is 0 Å². The number of carbonyl (C=O) groups excluding carboxylic acids is 1. The normalized spacial score (nSPS) is 13.1. The second-order valence-electron chi connectivity index (χ2n) is 4.15. The van der Waals surface area contributed by atoms with Crippen molar-refractivity contribution < 1.29 is 29.3 Å². The van der Waals surface area contributed by atoms with E-state index in [9.17, 15) is 14.4 Å². The molecule has 0 aliphatic carbocycles. The molecule has 108 valence electrons. The molecule has 2 atom stereocenters. The number of rotatable bonds is 6. The third-order valence-electron chi connectivity index (χ3n) is 2.64. The summed E-state index contributed by atoms with van der Waals surface area (Å²) < 4.78 is 4.83. The zero-order valence-corrected chi connectivity index (χ0v) is 10.8. The van der Waals surface area contributed by atoms with Crippen LogP contribution in [0.25, 0.3) is 0 Å². The first-order chi connectivity index (χ1) is 9.41. The van der Waals surface area contributed by atoms with Crippen molar-refractivity contribution in [1.29, 1.82) is 0 Å². The number of hydrogen-bond acceptors (Lipinski definition) is 4. The predicted molar refractivity (Wildman–Crippen MR) is 68.0 cm³/mol. The number of carbonyl (C=O) groups is 3. The Kier molecular flexibility index (Phi) is 5.52. The summed E-state index contributed by atoms with van der Waals surface area (Å²) in [7, 11) is 0. The fourth-order valence-corrected chi connectivity index (χ4v) is 1.43. The van der Waals surface area contributed by atoms with E-state index in [-0.39, 0.29) is 6.61 Å². The van der Waals surface area contributed by atoms with E-state index >= 15 is 0 Å². The molecular formula is C13H15NO6. The zero-order valence-electron chi connectivity index (χ0n) is 10.8. The van der Waals surface area contributed by atoms with Gasteiger partial charge in [0.15, 0.2) is 0 Å². The van der Waals surface area contributed by atoms with E-state index < -0.39 is 30.0 Å². The van der Waals surface area contributed by atoms with Crippen LogP contribution in [-0.2, 0) is 20.9 Å². The van der Waals surface area contributed by atoms with Crippen LogP contribution < -0.4 is 5.32 Å². The predicted octanol–water partition coefficient (Wildman–Crippen LogP) is 1.09. The van der Waals surface area contributed by atoms with E-state index in [4.69, 9.17) is 14.9 Å². The van der Waals surface area contributed by atoms with Crippen LogP contribution in [0.1, 0.15) is 12.5 Å². The molecule has 0 aliphatic heterocycles. The van der Waals surface area contributed by atoms with E-state index in [2.05, 4.69) is 0 Å². The molecule has 0 saturated heterocycles. The molecule has 1 aromatic rings. The van der Waals surface area contributed by atoms with Gasteiger partial charge in [-0.05, 0) is 12.5 Å². The molecule has 0 aromatic heterocycles. The molecule has 0 unspecified atom stereocenters. The second-order valence-corrected chi connectivity index (χ2v) is 4.15. The summed E-state index contributed by atoms with van der Waals surface area (Å²) in [5.74, 6) is -4.02. The Bertz CT molecular complexity index is 487. The Morgan fingerprint density at radius 1 is 1.15 bits per heavy atom. The number of hydrogen-bond donors (Lipinski definition) is 3. The number of amides is 1. The first-order valence-corrected chi connectivity index (χ1v) is 5.84. The smallest absolute Gasteiger partial charge is 0.408 e. The van der Waals surface area contributed by atoms with Crippen LogP contribution in [0.2, 0.25) is 0 Å². The van der Waals surface area contributed by atoms with Gasteiger partial charge in [-0.15, -0.1) is 0 Å². The van der Waals surface area contributed by atoms with Gasteiger partial charge in [-0.1, -0.05) is 30.3 Å². The first-order valence-electron chi connectivity index (χ1n) is 5.84. The van der Waals surface area contributed by atoms with Gasteiger partial charge in [-0.25, -0.2) is 9.59 Å². The Morgan fingerprint density at radius 2 is 1.75 bits per heavy atom. The second kappa shape index (κ2) is 7.13. The Morgan fingerprint density at radius 3 is 2.25 bits per heavy atom. The molecule has 0 heterocycles. The molecule has 7 nitrogen and oxygen atoms in total. The number of nitrogens with one attached hydrogen (secondary N) is 1. The molecular weight excluding hydrogens is 266 g/mol. The Labute approximate surface area is 115 Å². The quantitative estimate of drug-likeness (QED) is 0.719. The fourth-order valence-electron chi connectivity index (χ4n) is 1.43. The molecule has 1 amide bonds. The van der Waals surface area contributed by atoms with E-state index in [0.29, 0.717) is 0 Å². The molecule has 0 radical (unpaired) electrons. The molecule has 1 aromatic carbocycles. The molecule has 3 N–H and O–H groups in total. The van der Waals surface area contributed by atoms with Crippen molar-refractivity contribution in [1.82, 2.24) is 5.32 Å². The summed E-state index contributed by atoms with van der Waals surface area (Å²) in [6.45, 7) is 1.17. The maximum absolute atomic E-state index is 11.5. The van der Waals surface area contributed by atoms with Crippen molar-refractivity contribution in [2.24, 2.45) is 5.92 Å². The maximum atomic E-state index is 11.5. The lowest BCUT2D eigenvalue weighted by Crippen LogP contribution is -2.47. The van der Waals surface area contributed by atoms with Gasteiger partial charge in [0.2, 0.25) is 0 Å². The van der Waals surface area contributed by atoms with E-state index in [1.807, 2.05) is 5.32 Å². The van der Waals surface area contributed by atoms with Gasteiger partial charge in [0, 0.05) is 0 Å². The minimum atomic E-state index is -1.55. The SMILES string of the molecule is C[C@H](C(=O)O)[C@H](NC(=O)OCc1ccccc1)C(=O)O. The van der Waals surface area contributed by atoms with Crippen molar-refractivity contribution in [2.45, 2.75) is 19.6 Å².